The number of benzene rings is 1. The van der Waals surface area contributed by atoms with Gasteiger partial charge in [-0.15, -0.1) is 0 Å². The Morgan fingerprint density at radius 2 is 2.00 bits per heavy atom. The molecule has 1 heterocycles. The van der Waals surface area contributed by atoms with Gasteiger partial charge >= 0.3 is 0 Å². The third-order valence-corrected chi connectivity index (χ3v) is 3.97. The topological polar surface area (TPSA) is 52.6 Å². The molecule has 2 N–H and O–H groups in total. The number of carbonyl (C=O) groups excluding carboxylic acids is 1. The highest BCUT2D eigenvalue weighted by atomic mass is 32.2. The van der Waals surface area contributed by atoms with Crippen molar-refractivity contribution < 1.29 is 9.90 Å². The Labute approximate surface area is 119 Å². The van der Waals surface area contributed by atoms with E-state index in [1.165, 1.54) is 0 Å². The summed E-state index contributed by atoms with van der Waals surface area (Å²) >= 11 is 1.57. The zero-order valence-corrected chi connectivity index (χ0v) is 12.5. The smallest absolute Gasteiger partial charge is 0.238 e. The molecule has 0 aromatic heterocycles. The summed E-state index contributed by atoms with van der Waals surface area (Å²) < 4.78 is 2.10. The second-order valence-electron chi connectivity index (χ2n) is 4.00. The van der Waals surface area contributed by atoms with E-state index in [1.54, 1.807) is 31.1 Å². The Hall–Kier alpha value is -1.20. The Morgan fingerprint density at radius 1 is 1.37 bits per heavy atom. The van der Waals surface area contributed by atoms with Gasteiger partial charge < -0.3 is 10.4 Å². The predicted octanol–water partition coefficient (Wildman–Crippen LogP) is 2.64. The van der Waals surface area contributed by atoms with E-state index in [4.69, 9.17) is 0 Å². The largest absolute Gasteiger partial charge is 0.508 e. The molecule has 0 spiro atoms. The molecule has 1 atom stereocenters. The lowest BCUT2D eigenvalue weighted by Gasteiger charge is -2.21. The Bertz CT molecular complexity index is 395. The number of phenolic OH excluding ortho intramolecular Hbond substituents is 1. The summed E-state index contributed by atoms with van der Waals surface area (Å²) in [7, 11) is 1.67. The molecule has 1 fully saturated rings. The molecule has 0 radical (unpaired) electrons. The first-order valence-electron chi connectivity index (χ1n) is 6.66. The summed E-state index contributed by atoms with van der Waals surface area (Å²) in [5.41, 5.74) is 0. The van der Waals surface area contributed by atoms with Gasteiger partial charge in [0.2, 0.25) is 5.91 Å². The van der Waals surface area contributed by atoms with E-state index in [0.29, 0.717) is 0 Å². The lowest BCUT2D eigenvalue weighted by Crippen LogP contribution is -2.38. The van der Waals surface area contributed by atoms with Crippen LogP contribution in [0.1, 0.15) is 26.7 Å². The number of nitrogens with one attached hydrogen (secondary N) is 1. The molecule has 2 rings (SSSR count). The standard InChI is InChI=1S/C12H16N2O2S.C2H6/c1-13-12(16)11-3-2-8-14(11)17-10-6-4-9(15)5-7-10;1-2/h4-7,11,15H,2-3,8H2,1H3,(H,13,16);1-2H3/t11-;/m0./s1. The van der Waals surface area contributed by atoms with Crippen molar-refractivity contribution in [1.29, 1.82) is 0 Å². The van der Waals surface area contributed by atoms with Crippen molar-refractivity contribution in [3.05, 3.63) is 24.3 Å². The van der Waals surface area contributed by atoms with E-state index < -0.39 is 0 Å². The number of aromatic hydroxyl groups is 1. The fraction of sp³-hybridized carbons (Fsp3) is 0.500. The average Bonchev–Trinajstić information content (AvgIpc) is 2.91. The zero-order chi connectivity index (χ0) is 14.3. The van der Waals surface area contributed by atoms with Gasteiger partial charge in [-0.3, -0.25) is 4.79 Å². The van der Waals surface area contributed by atoms with Crippen molar-refractivity contribution in [1.82, 2.24) is 9.62 Å². The third-order valence-electron chi connectivity index (χ3n) is 2.81. The van der Waals surface area contributed by atoms with E-state index in [9.17, 15) is 9.90 Å². The molecule has 5 heteroatoms. The van der Waals surface area contributed by atoms with Crippen molar-refractivity contribution in [2.24, 2.45) is 0 Å². The number of phenols is 1. The summed E-state index contributed by atoms with van der Waals surface area (Å²) in [5, 5.41) is 11.9. The summed E-state index contributed by atoms with van der Waals surface area (Å²) in [4.78, 5) is 12.7. The summed E-state index contributed by atoms with van der Waals surface area (Å²) in [6.07, 6.45) is 1.95. The van der Waals surface area contributed by atoms with Crippen molar-refractivity contribution in [2.75, 3.05) is 13.6 Å². The van der Waals surface area contributed by atoms with Crippen LogP contribution in [0.25, 0.3) is 0 Å². The van der Waals surface area contributed by atoms with Crippen molar-refractivity contribution in [2.45, 2.75) is 37.6 Å². The molecule has 4 nitrogen and oxygen atoms in total. The van der Waals surface area contributed by atoms with Crippen molar-refractivity contribution in [3.8, 4) is 5.75 Å². The highest BCUT2D eigenvalue weighted by Crippen LogP contribution is 2.31. The van der Waals surface area contributed by atoms with Gasteiger partial charge in [0.25, 0.3) is 0 Å². The number of nitrogens with zero attached hydrogens (tertiary/aromatic N) is 1. The van der Waals surface area contributed by atoms with E-state index in [-0.39, 0.29) is 17.7 Å². The van der Waals surface area contributed by atoms with Crippen LogP contribution in [0.15, 0.2) is 29.2 Å². The molecule has 1 aromatic rings. The molecule has 0 saturated carbocycles. The predicted molar refractivity (Wildman–Crippen MR) is 79.1 cm³/mol. The second kappa shape index (κ2) is 8.07. The number of likely N-dealkylation sites (N-methyl/N-ethyl adjacent to an activating group) is 1. The van der Waals surface area contributed by atoms with E-state index >= 15 is 0 Å². The molecule has 19 heavy (non-hydrogen) atoms. The van der Waals surface area contributed by atoms with E-state index in [2.05, 4.69) is 9.62 Å². The van der Waals surface area contributed by atoms with Gasteiger partial charge in [-0.25, -0.2) is 4.31 Å². The lowest BCUT2D eigenvalue weighted by molar-refractivity contribution is -0.123. The quantitative estimate of drug-likeness (QED) is 0.837. The maximum Gasteiger partial charge on any atom is 0.238 e. The van der Waals surface area contributed by atoms with Crippen LogP contribution in [-0.4, -0.2) is 35.0 Å². The minimum absolute atomic E-state index is 0.0428. The average molecular weight is 282 g/mol. The molecule has 1 amide bonds. The third kappa shape index (κ3) is 4.44. The fourth-order valence-corrected chi connectivity index (χ4v) is 3.00. The first-order chi connectivity index (χ1) is 9.20. The van der Waals surface area contributed by atoms with Gasteiger partial charge in [0.05, 0.1) is 6.04 Å². The molecule has 106 valence electrons. The van der Waals surface area contributed by atoms with Crippen LogP contribution in [0, 0.1) is 0 Å². The molecule has 1 aromatic carbocycles. The van der Waals surface area contributed by atoms with Crippen LogP contribution in [-0.2, 0) is 4.79 Å². The summed E-state index contributed by atoms with van der Waals surface area (Å²) in [5.74, 6) is 0.340. The fourth-order valence-electron chi connectivity index (χ4n) is 1.92. The first-order valence-corrected chi connectivity index (χ1v) is 7.43. The van der Waals surface area contributed by atoms with Gasteiger partial charge in [-0.1, -0.05) is 13.8 Å². The normalized spacial score (nSPS) is 18.6. The van der Waals surface area contributed by atoms with Gasteiger partial charge in [-0.2, -0.15) is 0 Å². The maximum atomic E-state index is 11.7. The molecule has 1 aliphatic heterocycles. The van der Waals surface area contributed by atoms with E-state index in [0.717, 1.165) is 24.3 Å². The number of hydrogen-bond donors (Lipinski definition) is 2. The van der Waals surface area contributed by atoms with Gasteiger partial charge in [0.15, 0.2) is 0 Å². The van der Waals surface area contributed by atoms with Crippen LogP contribution in [0.2, 0.25) is 0 Å². The van der Waals surface area contributed by atoms with Crippen LogP contribution in [0.3, 0.4) is 0 Å². The minimum Gasteiger partial charge on any atom is -0.508 e. The van der Waals surface area contributed by atoms with Crippen molar-refractivity contribution in [3.63, 3.8) is 0 Å². The lowest BCUT2D eigenvalue weighted by atomic mass is 10.2. The number of amides is 1. The number of hydrogen-bond acceptors (Lipinski definition) is 4. The summed E-state index contributed by atoms with van der Waals surface area (Å²) in [6, 6.07) is 7.00. The van der Waals surface area contributed by atoms with Gasteiger partial charge in [-0.05, 0) is 49.1 Å². The minimum atomic E-state index is -0.0428. The molecule has 0 unspecified atom stereocenters. The van der Waals surface area contributed by atoms with Crippen LogP contribution in [0.4, 0.5) is 0 Å². The molecule has 1 saturated heterocycles. The SMILES string of the molecule is CC.CNC(=O)[C@@H]1CCCN1Sc1ccc(O)cc1. The van der Waals surface area contributed by atoms with Crippen LogP contribution >= 0.6 is 11.9 Å². The summed E-state index contributed by atoms with van der Waals surface area (Å²) in [6.45, 7) is 4.92. The Kier molecular flexibility index (Phi) is 6.73. The molecular formula is C14H22N2O2S. The molecule has 0 bridgehead atoms. The Balaban J connectivity index is 0.000000861. The molecule has 0 aliphatic carbocycles. The monoisotopic (exact) mass is 282 g/mol. The van der Waals surface area contributed by atoms with E-state index in [1.807, 2.05) is 26.0 Å². The molecule has 1 aliphatic rings. The Morgan fingerprint density at radius 3 is 2.58 bits per heavy atom. The van der Waals surface area contributed by atoms with Crippen molar-refractivity contribution >= 4 is 17.9 Å². The maximum absolute atomic E-state index is 11.7. The number of rotatable bonds is 3. The number of carbonyl (C=O) groups is 1. The highest BCUT2D eigenvalue weighted by molar-refractivity contribution is 7.97. The zero-order valence-electron chi connectivity index (χ0n) is 11.7. The van der Waals surface area contributed by atoms with Crippen LogP contribution < -0.4 is 5.32 Å². The van der Waals surface area contributed by atoms with Crippen LogP contribution in [0.5, 0.6) is 5.75 Å². The highest BCUT2D eigenvalue weighted by Gasteiger charge is 2.30. The first kappa shape index (κ1) is 15.9. The van der Waals surface area contributed by atoms with Gasteiger partial charge in [0.1, 0.15) is 5.75 Å². The second-order valence-corrected chi connectivity index (χ2v) is 5.12. The van der Waals surface area contributed by atoms with Gasteiger partial charge in [0, 0.05) is 18.5 Å². The molecular weight excluding hydrogens is 260 g/mol.